The van der Waals surface area contributed by atoms with E-state index in [9.17, 15) is 4.79 Å². The molecule has 1 atom stereocenters. The first kappa shape index (κ1) is 14.6. The summed E-state index contributed by atoms with van der Waals surface area (Å²) in [5.74, 6) is 0.923. The molecule has 2 N–H and O–H groups in total. The van der Waals surface area contributed by atoms with Gasteiger partial charge in [-0.2, -0.15) is 0 Å². The molecule has 2 aliphatic rings. The van der Waals surface area contributed by atoms with E-state index < -0.39 is 0 Å². The van der Waals surface area contributed by atoms with E-state index in [0.717, 1.165) is 26.1 Å². The number of amides is 1. The summed E-state index contributed by atoms with van der Waals surface area (Å²) in [5.41, 5.74) is 1.59. The zero-order valence-electron chi connectivity index (χ0n) is 12.7. The highest BCUT2D eigenvalue weighted by Gasteiger charge is 2.38. The lowest BCUT2D eigenvalue weighted by Gasteiger charge is -2.42. The van der Waals surface area contributed by atoms with Gasteiger partial charge in [-0.05, 0) is 50.3 Å². The number of carbonyl (C=O) groups excluding carboxylic acids is 1. The van der Waals surface area contributed by atoms with Crippen LogP contribution in [0.1, 0.15) is 44.1 Å². The standard InChI is InChI=1S/C18H26N2O/c21-17(8-7-15-9-12-19-13-15)20-14-18(10-4-11-18)16-5-2-1-3-6-16/h1-3,5-6,15,19H,4,7-14H2,(H,20,21). The van der Waals surface area contributed by atoms with E-state index in [2.05, 4.69) is 41.0 Å². The summed E-state index contributed by atoms with van der Waals surface area (Å²) < 4.78 is 0. The molecule has 0 spiro atoms. The monoisotopic (exact) mass is 286 g/mol. The Balaban J connectivity index is 1.48. The quantitative estimate of drug-likeness (QED) is 0.844. The highest BCUT2D eigenvalue weighted by molar-refractivity contribution is 5.76. The van der Waals surface area contributed by atoms with Gasteiger partial charge in [-0.1, -0.05) is 36.8 Å². The molecule has 2 fully saturated rings. The highest BCUT2D eigenvalue weighted by Crippen LogP contribution is 2.43. The van der Waals surface area contributed by atoms with E-state index >= 15 is 0 Å². The van der Waals surface area contributed by atoms with Crippen LogP contribution in [0.5, 0.6) is 0 Å². The average Bonchev–Trinajstić information content (AvgIpc) is 2.98. The van der Waals surface area contributed by atoms with E-state index in [1.165, 1.54) is 31.2 Å². The van der Waals surface area contributed by atoms with Crippen LogP contribution in [0.3, 0.4) is 0 Å². The van der Waals surface area contributed by atoms with Crippen LogP contribution in [-0.4, -0.2) is 25.5 Å². The fourth-order valence-electron chi connectivity index (χ4n) is 3.61. The van der Waals surface area contributed by atoms with Gasteiger partial charge in [0.05, 0.1) is 0 Å². The predicted octanol–water partition coefficient (Wildman–Crippen LogP) is 2.61. The zero-order valence-corrected chi connectivity index (χ0v) is 12.7. The molecule has 1 aromatic rings. The molecule has 1 amide bonds. The maximum atomic E-state index is 12.1. The third-order valence-corrected chi connectivity index (χ3v) is 5.26. The van der Waals surface area contributed by atoms with Crippen molar-refractivity contribution in [1.82, 2.24) is 10.6 Å². The SMILES string of the molecule is O=C(CCC1CCNC1)NCC1(c2ccccc2)CCC1. The third-order valence-electron chi connectivity index (χ3n) is 5.26. The lowest BCUT2D eigenvalue weighted by molar-refractivity contribution is -0.121. The second-order valence-corrected chi connectivity index (χ2v) is 6.67. The first-order chi connectivity index (χ1) is 10.3. The zero-order chi connectivity index (χ0) is 14.5. The topological polar surface area (TPSA) is 41.1 Å². The smallest absolute Gasteiger partial charge is 0.220 e. The van der Waals surface area contributed by atoms with Crippen molar-refractivity contribution in [3.8, 4) is 0 Å². The van der Waals surface area contributed by atoms with E-state index in [4.69, 9.17) is 0 Å². The Hall–Kier alpha value is -1.35. The largest absolute Gasteiger partial charge is 0.355 e. The van der Waals surface area contributed by atoms with Gasteiger partial charge in [-0.25, -0.2) is 0 Å². The van der Waals surface area contributed by atoms with Crippen molar-refractivity contribution in [3.63, 3.8) is 0 Å². The molecule has 114 valence electrons. The minimum atomic E-state index is 0.200. The second-order valence-electron chi connectivity index (χ2n) is 6.67. The van der Waals surface area contributed by atoms with Gasteiger partial charge in [0.1, 0.15) is 0 Å². The van der Waals surface area contributed by atoms with E-state index in [1.54, 1.807) is 0 Å². The first-order valence-electron chi connectivity index (χ1n) is 8.31. The van der Waals surface area contributed by atoms with Crippen LogP contribution >= 0.6 is 0 Å². The van der Waals surface area contributed by atoms with Crippen molar-refractivity contribution >= 4 is 5.91 Å². The fraction of sp³-hybridized carbons (Fsp3) is 0.611. The minimum absolute atomic E-state index is 0.200. The maximum Gasteiger partial charge on any atom is 0.220 e. The molecule has 1 aliphatic carbocycles. The Morgan fingerprint density at radius 1 is 1.29 bits per heavy atom. The molecule has 1 saturated carbocycles. The van der Waals surface area contributed by atoms with Crippen molar-refractivity contribution in [2.45, 2.75) is 43.9 Å². The summed E-state index contributed by atoms with van der Waals surface area (Å²) in [6.45, 7) is 3.00. The molecule has 1 heterocycles. The number of hydrogen-bond acceptors (Lipinski definition) is 2. The molecule has 1 unspecified atom stereocenters. The van der Waals surface area contributed by atoms with Crippen molar-refractivity contribution in [2.75, 3.05) is 19.6 Å². The summed E-state index contributed by atoms with van der Waals surface area (Å²) in [6.07, 6.45) is 6.60. The van der Waals surface area contributed by atoms with Crippen molar-refractivity contribution in [1.29, 1.82) is 0 Å². The Morgan fingerprint density at radius 3 is 2.71 bits per heavy atom. The molecular formula is C18H26N2O. The Bertz CT molecular complexity index is 461. The molecular weight excluding hydrogens is 260 g/mol. The Labute approximate surface area is 127 Å². The van der Waals surface area contributed by atoms with E-state index in [-0.39, 0.29) is 11.3 Å². The molecule has 1 saturated heterocycles. The van der Waals surface area contributed by atoms with Gasteiger partial charge in [-0.15, -0.1) is 0 Å². The van der Waals surface area contributed by atoms with Crippen LogP contribution in [-0.2, 0) is 10.2 Å². The van der Waals surface area contributed by atoms with E-state index in [0.29, 0.717) is 12.3 Å². The van der Waals surface area contributed by atoms with Crippen LogP contribution < -0.4 is 10.6 Å². The minimum Gasteiger partial charge on any atom is -0.355 e. The number of carbonyl (C=O) groups is 1. The van der Waals surface area contributed by atoms with Gasteiger partial charge < -0.3 is 10.6 Å². The lowest BCUT2D eigenvalue weighted by atomic mass is 9.64. The third kappa shape index (κ3) is 3.46. The molecule has 21 heavy (non-hydrogen) atoms. The summed E-state index contributed by atoms with van der Waals surface area (Å²) >= 11 is 0. The van der Waals surface area contributed by atoms with Crippen molar-refractivity contribution in [3.05, 3.63) is 35.9 Å². The maximum absolute atomic E-state index is 12.1. The van der Waals surface area contributed by atoms with Crippen LogP contribution in [0.15, 0.2) is 30.3 Å². The highest BCUT2D eigenvalue weighted by atomic mass is 16.1. The molecule has 3 nitrogen and oxygen atoms in total. The van der Waals surface area contributed by atoms with Crippen LogP contribution in [0, 0.1) is 5.92 Å². The van der Waals surface area contributed by atoms with Crippen molar-refractivity contribution < 1.29 is 4.79 Å². The Morgan fingerprint density at radius 2 is 2.10 bits per heavy atom. The number of benzene rings is 1. The summed E-state index contributed by atoms with van der Waals surface area (Å²) in [4.78, 5) is 12.1. The van der Waals surface area contributed by atoms with Crippen LogP contribution in [0.4, 0.5) is 0 Å². The van der Waals surface area contributed by atoms with Crippen molar-refractivity contribution in [2.24, 2.45) is 5.92 Å². The molecule has 1 aromatic carbocycles. The molecule has 3 rings (SSSR count). The molecule has 0 aromatic heterocycles. The average molecular weight is 286 g/mol. The number of nitrogens with one attached hydrogen (secondary N) is 2. The van der Waals surface area contributed by atoms with Gasteiger partial charge in [-0.3, -0.25) is 4.79 Å². The summed E-state index contributed by atoms with van der Waals surface area (Å²) in [5, 5.41) is 6.55. The van der Waals surface area contributed by atoms with Crippen LogP contribution in [0.25, 0.3) is 0 Å². The lowest BCUT2D eigenvalue weighted by Crippen LogP contribution is -2.45. The number of hydrogen-bond donors (Lipinski definition) is 2. The van der Waals surface area contributed by atoms with Gasteiger partial charge in [0.15, 0.2) is 0 Å². The fourth-order valence-corrected chi connectivity index (χ4v) is 3.61. The normalized spacial score (nSPS) is 23.5. The van der Waals surface area contributed by atoms with Crippen LogP contribution in [0.2, 0.25) is 0 Å². The molecule has 0 bridgehead atoms. The molecule has 3 heteroatoms. The first-order valence-corrected chi connectivity index (χ1v) is 8.31. The van der Waals surface area contributed by atoms with Gasteiger partial charge in [0.25, 0.3) is 0 Å². The van der Waals surface area contributed by atoms with E-state index in [1.807, 2.05) is 0 Å². The van der Waals surface area contributed by atoms with Gasteiger partial charge >= 0.3 is 0 Å². The Kier molecular flexibility index (Phi) is 4.59. The molecule has 1 aliphatic heterocycles. The van der Waals surface area contributed by atoms with Gasteiger partial charge in [0, 0.05) is 18.4 Å². The summed E-state index contributed by atoms with van der Waals surface area (Å²) in [7, 11) is 0. The van der Waals surface area contributed by atoms with Gasteiger partial charge in [0.2, 0.25) is 5.91 Å². The molecule has 0 radical (unpaired) electrons. The second kappa shape index (κ2) is 6.61. The summed E-state index contributed by atoms with van der Waals surface area (Å²) in [6, 6.07) is 10.7. The number of rotatable bonds is 6. The predicted molar refractivity (Wildman–Crippen MR) is 85.2 cm³/mol.